The highest BCUT2D eigenvalue weighted by atomic mass is 32.1. The smallest absolute Gasteiger partial charge is 0.262 e. The van der Waals surface area contributed by atoms with Crippen LogP contribution in [0.5, 0.6) is 0 Å². The van der Waals surface area contributed by atoms with Gasteiger partial charge in [0.1, 0.15) is 28.8 Å². The first-order valence-electron chi connectivity index (χ1n) is 8.76. The minimum Gasteiger partial charge on any atom is -0.306 e. The summed E-state index contributed by atoms with van der Waals surface area (Å²) in [6.07, 6.45) is 1.43. The van der Waals surface area contributed by atoms with Crippen LogP contribution >= 0.6 is 11.3 Å². The molecule has 0 fully saturated rings. The Labute approximate surface area is 169 Å². The van der Waals surface area contributed by atoms with E-state index in [1.807, 2.05) is 36.6 Å². The van der Waals surface area contributed by atoms with Gasteiger partial charge in [-0.05, 0) is 26.0 Å². The molecule has 29 heavy (non-hydrogen) atoms. The van der Waals surface area contributed by atoms with E-state index in [1.165, 1.54) is 23.6 Å². The number of halogens is 2. The van der Waals surface area contributed by atoms with Crippen LogP contribution in [-0.2, 0) is 0 Å². The van der Waals surface area contributed by atoms with Crippen LogP contribution in [0.2, 0.25) is 0 Å². The van der Waals surface area contributed by atoms with E-state index in [0.29, 0.717) is 11.0 Å². The van der Waals surface area contributed by atoms with Gasteiger partial charge in [-0.25, -0.2) is 18.7 Å². The van der Waals surface area contributed by atoms with Gasteiger partial charge in [-0.15, -0.1) is 11.3 Å². The fraction of sp³-hybridized carbons (Fsp3) is 0.0952. The number of nitrogens with zero attached hydrogens (tertiary/aromatic N) is 3. The molecule has 0 aliphatic heterocycles. The summed E-state index contributed by atoms with van der Waals surface area (Å²) in [5.74, 6) is -1.89. The number of anilines is 1. The van der Waals surface area contributed by atoms with E-state index in [-0.39, 0.29) is 5.82 Å². The van der Waals surface area contributed by atoms with Gasteiger partial charge in [0.25, 0.3) is 5.91 Å². The number of hydrogen-bond donors (Lipinski definition) is 1. The highest BCUT2D eigenvalue weighted by Gasteiger charge is 2.20. The monoisotopic (exact) mass is 410 g/mol. The molecule has 1 amide bonds. The van der Waals surface area contributed by atoms with Gasteiger partial charge in [-0.1, -0.05) is 35.9 Å². The van der Waals surface area contributed by atoms with Crippen molar-refractivity contribution in [3.8, 4) is 16.4 Å². The van der Waals surface area contributed by atoms with E-state index in [9.17, 15) is 13.6 Å². The van der Waals surface area contributed by atoms with Crippen LogP contribution in [0.3, 0.4) is 0 Å². The molecule has 0 bridgehead atoms. The van der Waals surface area contributed by atoms with Gasteiger partial charge < -0.3 is 5.32 Å². The molecule has 0 spiro atoms. The molecule has 1 N–H and O–H groups in total. The fourth-order valence-electron chi connectivity index (χ4n) is 2.89. The largest absolute Gasteiger partial charge is 0.306 e. The third-order valence-electron chi connectivity index (χ3n) is 4.40. The standard InChI is InChI=1S/C21H16F2N4OS/c1-12-6-8-14(9-7-12)17-11-29-21(25-17)27-13(2)24-10-18(27)26-20(28)19-15(22)4-3-5-16(19)23/h3-11H,1-2H3,(H,26,28). The lowest BCUT2D eigenvalue weighted by atomic mass is 10.1. The van der Waals surface area contributed by atoms with Crippen molar-refractivity contribution in [2.75, 3.05) is 5.32 Å². The number of hydrogen-bond acceptors (Lipinski definition) is 4. The zero-order chi connectivity index (χ0) is 20.5. The molecule has 146 valence electrons. The van der Waals surface area contributed by atoms with E-state index >= 15 is 0 Å². The Bertz CT molecular complexity index is 1180. The number of imidazole rings is 1. The first-order chi connectivity index (χ1) is 13.9. The highest BCUT2D eigenvalue weighted by Crippen LogP contribution is 2.28. The lowest BCUT2D eigenvalue weighted by molar-refractivity contribution is 0.101. The van der Waals surface area contributed by atoms with Crippen molar-refractivity contribution in [1.82, 2.24) is 14.5 Å². The maximum atomic E-state index is 13.9. The average Bonchev–Trinajstić information content (AvgIpc) is 3.29. The average molecular weight is 410 g/mol. The molecule has 0 unspecified atom stereocenters. The van der Waals surface area contributed by atoms with Gasteiger partial charge in [0.05, 0.1) is 11.9 Å². The summed E-state index contributed by atoms with van der Waals surface area (Å²) in [5.41, 5.74) is 2.27. The lowest BCUT2D eigenvalue weighted by Gasteiger charge is -2.09. The highest BCUT2D eigenvalue weighted by molar-refractivity contribution is 7.12. The molecule has 0 saturated heterocycles. The quantitative estimate of drug-likeness (QED) is 0.507. The van der Waals surface area contributed by atoms with Crippen molar-refractivity contribution in [2.24, 2.45) is 0 Å². The maximum Gasteiger partial charge on any atom is 0.262 e. The number of rotatable bonds is 4. The van der Waals surface area contributed by atoms with E-state index in [4.69, 9.17) is 0 Å². The third-order valence-corrected chi connectivity index (χ3v) is 5.23. The predicted octanol–water partition coefficient (Wildman–Crippen LogP) is 5.14. The molecular weight excluding hydrogens is 394 g/mol. The molecule has 4 aromatic rings. The second kappa shape index (κ2) is 7.56. The lowest BCUT2D eigenvalue weighted by Crippen LogP contribution is -2.18. The zero-order valence-corrected chi connectivity index (χ0v) is 16.4. The summed E-state index contributed by atoms with van der Waals surface area (Å²) in [6.45, 7) is 3.77. The van der Waals surface area contributed by atoms with Gasteiger partial charge in [-0.3, -0.25) is 9.36 Å². The molecule has 4 rings (SSSR count). The van der Waals surface area contributed by atoms with Gasteiger partial charge in [0.15, 0.2) is 5.13 Å². The summed E-state index contributed by atoms with van der Waals surface area (Å²) < 4.78 is 29.5. The number of benzene rings is 2. The van der Waals surface area contributed by atoms with Crippen LogP contribution in [0.4, 0.5) is 14.6 Å². The van der Waals surface area contributed by atoms with Crippen molar-refractivity contribution in [3.63, 3.8) is 0 Å². The second-order valence-corrected chi connectivity index (χ2v) is 7.29. The van der Waals surface area contributed by atoms with Crippen molar-refractivity contribution in [2.45, 2.75) is 13.8 Å². The molecule has 0 aliphatic rings. The minimum atomic E-state index is -0.929. The molecular formula is C21H16F2N4OS. The number of aryl methyl sites for hydroxylation is 2. The molecule has 8 heteroatoms. The van der Waals surface area contributed by atoms with Crippen LogP contribution < -0.4 is 5.32 Å². The Balaban J connectivity index is 1.66. The molecule has 0 radical (unpaired) electrons. The van der Waals surface area contributed by atoms with Crippen LogP contribution in [0.1, 0.15) is 21.7 Å². The summed E-state index contributed by atoms with van der Waals surface area (Å²) in [5, 5.41) is 5.02. The molecule has 2 aromatic heterocycles. The van der Waals surface area contributed by atoms with E-state index in [1.54, 1.807) is 11.5 Å². The van der Waals surface area contributed by atoms with Crippen LogP contribution in [-0.4, -0.2) is 20.4 Å². The SMILES string of the molecule is Cc1ccc(-c2csc(-n3c(NC(=O)c4c(F)cccc4F)cnc3C)n2)cc1. The molecule has 0 atom stereocenters. The van der Waals surface area contributed by atoms with Gasteiger partial charge in [0.2, 0.25) is 0 Å². The Hall–Kier alpha value is -3.39. The predicted molar refractivity (Wildman–Crippen MR) is 108 cm³/mol. The maximum absolute atomic E-state index is 13.9. The van der Waals surface area contributed by atoms with Crippen molar-refractivity contribution in [3.05, 3.63) is 82.6 Å². The van der Waals surface area contributed by atoms with Crippen LogP contribution in [0.25, 0.3) is 16.4 Å². The van der Waals surface area contributed by atoms with Crippen molar-refractivity contribution in [1.29, 1.82) is 0 Å². The van der Waals surface area contributed by atoms with E-state index in [2.05, 4.69) is 15.3 Å². The topological polar surface area (TPSA) is 59.8 Å². The van der Waals surface area contributed by atoms with Crippen LogP contribution in [0.15, 0.2) is 54.0 Å². The summed E-state index contributed by atoms with van der Waals surface area (Å²) in [4.78, 5) is 21.3. The fourth-order valence-corrected chi connectivity index (χ4v) is 3.78. The van der Waals surface area contributed by atoms with Gasteiger partial charge in [-0.2, -0.15) is 0 Å². The zero-order valence-electron chi connectivity index (χ0n) is 15.6. The summed E-state index contributed by atoms with van der Waals surface area (Å²) in [7, 11) is 0. The molecule has 5 nitrogen and oxygen atoms in total. The first-order valence-corrected chi connectivity index (χ1v) is 9.64. The second-order valence-electron chi connectivity index (χ2n) is 6.46. The van der Waals surface area contributed by atoms with E-state index < -0.39 is 23.1 Å². The Morgan fingerprint density at radius 1 is 1.07 bits per heavy atom. The minimum absolute atomic E-state index is 0.278. The number of carbonyl (C=O) groups is 1. The molecule has 0 aliphatic carbocycles. The van der Waals surface area contributed by atoms with Gasteiger partial charge >= 0.3 is 0 Å². The first kappa shape index (κ1) is 18.9. The Morgan fingerprint density at radius 3 is 2.45 bits per heavy atom. The summed E-state index contributed by atoms with van der Waals surface area (Å²) in [6, 6.07) is 11.3. The van der Waals surface area contributed by atoms with Crippen molar-refractivity contribution >= 4 is 23.1 Å². The number of aromatic nitrogens is 3. The Kier molecular flexibility index (Phi) is 4.94. The number of carbonyl (C=O) groups excluding carboxylic acids is 1. The number of amides is 1. The van der Waals surface area contributed by atoms with Crippen molar-refractivity contribution < 1.29 is 13.6 Å². The Morgan fingerprint density at radius 2 is 1.76 bits per heavy atom. The number of nitrogens with one attached hydrogen (secondary N) is 1. The van der Waals surface area contributed by atoms with Crippen LogP contribution in [0, 0.1) is 25.5 Å². The van der Waals surface area contributed by atoms with E-state index in [0.717, 1.165) is 29.0 Å². The van der Waals surface area contributed by atoms with Gasteiger partial charge in [0, 0.05) is 10.9 Å². The molecule has 2 heterocycles. The molecule has 0 saturated carbocycles. The summed E-state index contributed by atoms with van der Waals surface area (Å²) >= 11 is 1.38. The third kappa shape index (κ3) is 3.66. The normalized spacial score (nSPS) is 10.9. The molecule has 2 aromatic carbocycles. The number of thiazole rings is 1.